The van der Waals surface area contributed by atoms with E-state index in [-0.39, 0.29) is 5.91 Å². The Bertz CT molecular complexity index is 1100. The first-order chi connectivity index (χ1) is 16.0. The molecule has 0 bridgehead atoms. The Hall–Kier alpha value is -3.56. The predicted octanol–water partition coefficient (Wildman–Crippen LogP) is 3.39. The number of hydrogen-bond donors (Lipinski definition) is 3. The standard InChI is InChI=1S/C24H29N7O2/c1-17-3-5-19(6-4-17)7-8-20-25-21(27-23-15-18(2)29-30-23)16-22(26-20)28-24(32)9-10-31-11-13-33-14-12-31/h3-8,15-16H,9-14H2,1-2H3,(H3,25,26,27,28,29,30,32). The van der Waals surface area contributed by atoms with Crippen LogP contribution in [0.3, 0.4) is 0 Å². The fraction of sp³-hybridized carbons (Fsp3) is 0.333. The van der Waals surface area contributed by atoms with Gasteiger partial charge in [0.2, 0.25) is 5.91 Å². The summed E-state index contributed by atoms with van der Waals surface area (Å²) in [7, 11) is 0. The number of benzene rings is 1. The minimum absolute atomic E-state index is 0.0878. The SMILES string of the molecule is Cc1ccc(C=Cc2nc(NC(=O)CCN3CCOCC3)cc(Nc3cc(C)[nH]n3)n2)cc1. The lowest BCUT2D eigenvalue weighted by atomic mass is 10.1. The number of morpholine rings is 1. The maximum absolute atomic E-state index is 12.6. The van der Waals surface area contributed by atoms with Gasteiger partial charge in [-0.3, -0.25) is 14.8 Å². The molecule has 0 aliphatic carbocycles. The zero-order valence-electron chi connectivity index (χ0n) is 19.0. The average Bonchev–Trinajstić information content (AvgIpc) is 3.22. The molecule has 0 saturated carbocycles. The second-order valence-electron chi connectivity index (χ2n) is 8.05. The average molecular weight is 448 g/mol. The molecular weight excluding hydrogens is 418 g/mol. The molecule has 3 aromatic rings. The van der Waals surface area contributed by atoms with Crippen LogP contribution in [0.2, 0.25) is 0 Å². The minimum atomic E-state index is -0.0878. The Morgan fingerprint density at radius 1 is 1.06 bits per heavy atom. The third-order valence-electron chi connectivity index (χ3n) is 5.23. The lowest BCUT2D eigenvalue weighted by Gasteiger charge is -2.26. The summed E-state index contributed by atoms with van der Waals surface area (Å²) in [6.07, 6.45) is 4.16. The van der Waals surface area contributed by atoms with Crippen molar-refractivity contribution in [3.63, 3.8) is 0 Å². The first kappa shape index (κ1) is 22.6. The van der Waals surface area contributed by atoms with Crippen LogP contribution in [0.5, 0.6) is 0 Å². The van der Waals surface area contributed by atoms with E-state index in [4.69, 9.17) is 4.74 Å². The number of rotatable bonds is 8. The quantitative estimate of drug-likeness (QED) is 0.486. The van der Waals surface area contributed by atoms with Crippen molar-refractivity contribution in [1.82, 2.24) is 25.1 Å². The van der Waals surface area contributed by atoms with Crippen molar-refractivity contribution in [1.29, 1.82) is 0 Å². The summed E-state index contributed by atoms with van der Waals surface area (Å²) in [4.78, 5) is 23.9. The van der Waals surface area contributed by atoms with Gasteiger partial charge in [0.25, 0.3) is 0 Å². The number of carbonyl (C=O) groups is 1. The van der Waals surface area contributed by atoms with E-state index in [0.717, 1.165) is 24.3 Å². The second-order valence-corrected chi connectivity index (χ2v) is 8.05. The maximum atomic E-state index is 12.6. The predicted molar refractivity (Wildman–Crippen MR) is 129 cm³/mol. The van der Waals surface area contributed by atoms with Gasteiger partial charge in [-0.05, 0) is 25.5 Å². The molecule has 0 spiro atoms. The van der Waals surface area contributed by atoms with E-state index in [2.05, 4.69) is 54.8 Å². The van der Waals surface area contributed by atoms with Gasteiger partial charge in [0.1, 0.15) is 11.6 Å². The summed E-state index contributed by atoms with van der Waals surface area (Å²) in [5.74, 6) is 2.02. The Balaban J connectivity index is 1.48. The fourth-order valence-electron chi connectivity index (χ4n) is 3.42. The van der Waals surface area contributed by atoms with Crippen LogP contribution in [-0.2, 0) is 9.53 Å². The number of aromatic amines is 1. The summed E-state index contributed by atoms with van der Waals surface area (Å²) in [5.41, 5.74) is 3.18. The molecule has 1 aliphatic heterocycles. The van der Waals surface area contributed by atoms with Crippen LogP contribution in [0, 0.1) is 13.8 Å². The molecule has 1 amide bonds. The lowest BCUT2D eigenvalue weighted by molar-refractivity contribution is -0.116. The van der Waals surface area contributed by atoms with E-state index < -0.39 is 0 Å². The van der Waals surface area contributed by atoms with Gasteiger partial charge in [0.15, 0.2) is 11.6 Å². The number of carbonyl (C=O) groups excluding carboxylic acids is 1. The molecule has 1 aliphatic rings. The van der Waals surface area contributed by atoms with Gasteiger partial charge >= 0.3 is 0 Å². The maximum Gasteiger partial charge on any atom is 0.226 e. The van der Waals surface area contributed by atoms with E-state index in [1.807, 2.05) is 37.3 Å². The Labute approximate surface area is 193 Å². The number of aromatic nitrogens is 4. The largest absolute Gasteiger partial charge is 0.379 e. The molecule has 0 radical (unpaired) electrons. The van der Waals surface area contributed by atoms with E-state index in [1.165, 1.54) is 5.56 Å². The third-order valence-corrected chi connectivity index (χ3v) is 5.23. The Morgan fingerprint density at radius 3 is 2.55 bits per heavy atom. The monoisotopic (exact) mass is 447 g/mol. The van der Waals surface area contributed by atoms with Gasteiger partial charge < -0.3 is 15.4 Å². The van der Waals surface area contributed by atoms with Crippen molar-refractivity contribution >= 4 is 35.5 Å². The van der Waals surface area contributed by atoms with Crippen LogP contribution in [0.1, 0.15) is 29.1 Å². The number of ether oxygens (including phenoxy) is 1. The molecule has 172 valence electrons. The van der Waals surface area contributed by atoms with Crippen molar-refractivity contribution in [3.05, 3.63) is 59.0 Å². The number of H-pyrrole nitrogens is 1. The van der Waals surface area contributed by atoms with E-state index >= 15 is 0 Å². The van der Waals surface area contributed by atoms with Crippen LogP contribution in [0.4, 0.5) is 17.5 Å². The number of amides is 1. The normalized spacial score (nSPS) is 14.5. The van der Waals surface area contributed by atoms with Crippen molar-refractivity contribution in [2.45, 2.75) is 20.3 Å². The fourth-order valence-corrected chi connectivity index (χ4v) is 3.42. The number of anilines is 3. The van der Waals surface area contributed by atoms with Gasteiger partial charge in [-0.25, -0.2) is 9.97 Å². The highest BCUT2D eigenvalue weighted by Crippen LogP contribution is 2.18. The molecule has 2 aromatic heterocycles. The van der Waals surface area contributed by atoms with Crippen LogP contribution in [-0.4, -0.2) is 63.8 Å². The summed E-state index contributed by atoms with van der Waals surface area (Å²) >= 11 is 0. The van der Waals surface area contributed by atoms with Gasteiger partial charge in [-0.15, -0.1) is 0 Å². The van der Waals surface area contributed by atoms with E-state index in [0.29, 0.717) is 49.5 Å². The summed E-state index contributed by atoms with van der Waals surface area (Å²) in [5, 5.41) is 13.2. The van der Waals surface area contributed by atoms with Crippen molar-refractivity contribution in [2.24, 2.45) is 0 Å². The Morgan fingerprint density at radius 2 is 1.82 bits per heavy atom. The van der Waals surface area contributed by atoms with Gasteiger partial charge in [0.05, 0.1) is 13.2 Å². The number of aryl methyl sites for hydroxylation is 2. The van der Waals surface area contributed by atoms with Crippen molar-refractivity contribution in [3.8, 4) is 0 Å². The molecular formula is C24H29N7O2. The molecule has 9 heteroatoms. The van der Waals surface area contributed by atoms with Gasteiger partial charge in [-0.2, -0.15) is 5.10 Å². The Kier molecular flexibility index (Phi) is 7.43. The molecule has 1 saturated heterocycles. The molecule has 4 rings (SSSR count). The van der Waals surface area contributed by atoms with Crippen LogP contribution in [0.15, 0.2) is 36.4 Å². The summed E-state index contributed by atoms with van der Waals surface area (Å²) in [6.45, 7) is 7.80. The zero-order valence-corrected chi connectivity index (χ0v) is 19.0. The van der Waals surface area contributed by atoms with Crippen LogP contribution in [0.25, 0.3) is 12.2 Å². The van der Waals surface area contributed by atoms with E-state index in [1.54, 1.807) is 6.07 Å². The molecule has 1 fully saturated rings. The topological polar surface area (TPSA) is 108 Å². The highest BCUT2D eigenvalue weighted by Gasteiger charge is 2.13. The highest BCUT2D eigenvalue weighted by molar-refractivity contribution is 5.90. The number of hydrogen-bond acceptors (Lipinski definition) is 7. The first-order valence-corrected chi connectivity index (χ1v) is 11.1. The number of nitrogens with one attached hydrogen (secondary N) is 3. The van der Waals surface area contributed by atoms with Crippen molar-refractivity contribution in [2.75, 3.05) is 43.5 Å². The zero-order chi connectivity index (χ0) is 23.0. The highest BCUT2D eigenvalue weighted by atomic mass is 16.5. The molecule has 0 unspecified atom stereocenters. The number of nitrogens with zero attached hydrogens (tertiary/aromatic N) is 4. The smallest absolute Gasteiger partial charge is 0.226 e. The van der Waals surface area contributed by atoms with Crippen molar-refractivity contribution < 1.29 is 9.53 Å². The van der Waals surface area contributed by atoms with Crippen LogP contribution >= 0.6 is 0 Å². The summed E-state index contributed by atoms with van der Waals surface area (Å²) in [6, 6.07) is 11.8. The van der Waals surface area contributed by atoms with Crippen LogP contribution < -0.4 is 10.6 Å². The van der Waals surface area contributed by atoms with Gasteiger partial charge in [-0.1, -0.05) is 35.9 Å². The molecule has 3 N–H and O–H groups in total. The van der Waals surface area contributed by atoms with E-state index in [9.17, 15) is 4.79 Å². The molecule has 3 heterocycles. The van der Waals surface area contributed by atoms with Gasteiger partial charge in [0, 0.05) is 43.9 Å². The first-order valence-electron chi connectivity index (χ1n) is 11.1. The second kappa shape index (κ2) is 10.8. The molecule has 9 nitrogen and oxygen atoms in total. The summed E-state index contributed by atoms with van der Waals surface area (Å²) < 4.78 is 5.36. The molecule has 1 aromatic carbocycles. The molecule has 0 atom stereocenters. The third kappa shape index (κ3) is 6.96. The molecule has 33 heavy (non-hydrogen) atoms. The minimum Gasteiger partial charge on any atom is -0.379 e. The lowest BCUT2D eigenvalue weighted by Crippen LogP contribution is -2.38.